The SMILES string of the molecule is C=CCC1C(CCc2c(C)cccc2C)=CC=C1c1ccccc1. The van der Waals surface area contributed by atoms with Gasteiger partial charge in [0.05, 0.1) is 0 Å². The lowest BCUT2D eigenvalue weighted by Gasteiger charge is -2.19. The Bertz CT molecular complexity index is 755. The lowest BCUT2D eigenvalue weighted by atomic mass is 9.85. The van der Waals surface area contributed by atoms with Crippen molar-refractivity contribution in [2.24, 2.45) is 5.92 Å². The molecule has 1 atom stereocenters. The molecule has 0 aromatic heterocycles. The van der Waals surface area contributed by atoms with Crippen molar-refractivity contribution in [2.45, 2.75) is 33.1 Å². The summed E-state index contributed by atoms with van der Waals surface area (Å²) in [6.45, 7) is 8.42. The maximum absolute atomic E-state index is 3.98. The van der Waals surface area contributed by atoms with Gasteiger partial charge in [-0.15, -0.1) is 6.58 Å². The maximum atomic E-state index is 3.98. The molecule has 1 aliphatic carbocycles. The summed E-state index contributed by atoms with van der Waals surface area (Å²) in [5.41, 5.74) is 8.63. The average Bonchev–Trinajstić information content (AvgIpc) is 2.98. The molecule has 24 heavy (non-hydrogen) atoms. The molecule has 0 N–H and O–H groups in total. The van der Waals surface area contributed by atoms with Gasteiger partial charge < -0.3 is 0 Å². The summed E-state index contributed by atoms with van der Waals surface area (Å²) in [5.74, 6) is 0.481. The Morgan fingerprint density at radius 2 is 1.58 bits per heavy atom. The number of aryl methyl sites for hydroxylation is 2. The second kappa shape index (κ2) is 7.49. The molecule has 0 nitrogen and oxygen atoms in total. The van der Waals surface area contributed by atoms with Crippen molar-refractivity contribution in [1.29, 1.82) is 0 Å². The van der Waals surface area contributed by atoms with Crippen molar-refractivity contribution in [3.05, 3.63) is 101 Å². The summed E-state index contributed by atoms with van der Waals surface area (Å²) < 4.78 is 0. The van der Waals surface area contributed by atoms with Crippen LogP contribution in [0.2, 0.25) is 0 Å². The van der Waals surface area contributed by atoms with Crippen LogP contribution in [0.25, 0.3) is 5.57 Å². The number of benzene rings is 2. The van der Waals surface area contributed by atoms with E-state index in [0.717, 1.165) is 19.3 Å². The standard InChI is InChI=1S/C24H26/c1-4-9-23-21(14-16-22-18(2)10-8-11-19(22)3)15-17-24(23)20-12-6-5-7-13-20/h4-8,10-13,15,17,23H,1,9,14,16H2,2-3H3. The van der Waals surface area contributed by atoms with E-state index in [1.807, 2.05) is 0 Å². The summed E-state index contributed by atoms with van der Waals surface area (Å²) in [6.07, 6.45) is 9.96. The van der Waals surface area contributed by atoms with Gasteiger partial charge in [-0.2, -0.15) is 0 Å². The first-order chi connectivity index (χ1) is 11.7. The van der Waals surface area contributed by atoms with E-state index in [1.54, 1.807) is 0 Å². The second-order valence-electron chi connectivity index (χ2n) is 6.68. The van der Waals surface area contributed by atoms with Crippen LogP contribution >= 0.6 is 0 Å². The van der Waals surface area contributed by atoms with Crippen molar-refractivity contribution < 1.29 is 0 Å². The summed E-state index contributed by atoms with van der Waals surface area (Å²) in [7, 11) is 0. The third kappa shape index (κ3) is 3.43. The zero-order valence-corrected chi connectivity index (χ0v) is 14.8. The number of hydrogen-bond donors (Lipinski definition) is 0. The Morgan fingerprint density at radius 1 is 0.875 bits per heavy atom. The minimum absolute atomic E-state index is 0.481. The van der Waals surface area contributed by atoms with Crippen LogP contribution in [0, 0.1) is 19.8 Å². The second-order valence-corrected chi connectivity index (χ2v) is 6.68. The molecule has 2 aromatic rings. The molecular weight excluding hydrogens is 288 g/mol. The van der Waals surface area contributed by atoms with Crippen molar-refractivity contribution in [2.75, 3.05) is 0 Å². The number of hydrogen-bond acceptors (Lipinski definition) is 0. The Balaban J connectivity index is 1.76. The first kappa shape index (κ1) is 16.5. The van der Waals surface area contributed by atoms with E-state index in [4.69, 9.17) is 0 Å². The largest absolute Gasteiger partial charge is 0.103 e. The molecule has 0 saturated heterocycles. The molecule has 0 fully saturated rings. The van der Waals surface area contributed by atoms with E-state index in [1.165, 1.54) is 33.4 Å². The predicted molar refractivity (Wildman–Crippen MR) is 105 cm³/mol. The lowest BCUT2D eigenvalue weighted by Crippen LogP contribution is -2.05. The molecule has 1 unspecified atom stereocenters. The summed E-state index contributed by atoms with van der Waals surface area (Å²) in [5, 5.41) is 0. The van der Waals surface area contributed by atoms with Crippen LogP contribution in [-0.2, 0) is 6.42 Å². The van der Waals surface area contributed by atoms with Gasteiger partial charge in [0, 0.05) is 5.92 Å². The minimum atomic E-state index is 0.481. The lowest BCUT2D eigenvalue weighted by molar-refractivity contribution is 0.742. The third-order valence-electron chi connectivity index (χ3n) is 5.12. The fourth-order valence-corrected chi connectivity index (χ4v) is 3.77. The molecule has 0 amide bonds. The highest BCUT2D eigenvalue weighted by atomic mass is 14.3. The number of rotatable bonds is 6. The third-order valence-corrected chi connectivity index (χ3v) is 5.12. The summed E-state index contributed by atoms with van der Waals surface area (Å²) in [6, 6.07) is 17.3. The van der Waals surface area contributed by atoms with Gasteiger partial charge in [-0.25, -0.2) is 0 Å². The Kier molecular flexibility index (Phi) is 5.15. The molecule has 122 valence electrons. The topological polar surface area (TPSA) is 0 Å². The normalized spacial score (nSPS) is 16.7. The zero-order valence-electron chi connectivity index (χ0n) is 14.8. The van der Waals surface area contributed by atoms with Gasteiger partial charge in [0.15, 0.2) is 0 Å². The number of allylic oxidation sites excluding steroid dienone is 5. The van der Waals surface area contributed by atoms with E-state index in [2.05, 4.69) is 87.2 Å². The first-order valence-corrected chi connectivity index (χ1v) is 8.82. The van der Waals surface area contributed by atoms with Gasteiger partial charge in [-0.1, -0.05) is 72.3 Å². The molecule has 0 heteroatoms. The molecule has 0 saturated carbocycles. The predicted octanol–water partition coefficient (Wildman–Crippen LogP) is 6.45. The van der Waals surface area contributed by atoms with Gasteiger partial charge in [-0.05, 0) is 60.9 Å². The fourth-order valence-electron chi connectivity index (χ4n) is 3.77. The van der Waals surface area contributed by atoms with Crippen LogP contribution in [0.15, 0.2) is 78.9 Å². The smallest absolute Gasteiger partial charge is 0.00917 e. The monoisotopic (exact) mass is 314 g/mol. The van der Waals surface area contributed by atoms with E-state index in [-0.39, 0.29) is 0 Å². The highest BCUT2D eigenvalue weighted by Crippen LogP contribution is 2.39. The average molecular weight is 314 g/mol. The molecule has 0 spiro atoms. The Morgan fingerprint density at radius 3 is 2.25 bits per heavy atom. The molecule has 2 aromatic carbocycles. The fraction of sp³-hybridized carbons (Fsp3) is 0.250. The van der Waals surface area contributed by atoms with Crippen LogP contribution in [0.3, 0.4) is 0 Å². The quantitative estimate of drug-likeness (QED) is 0.537. The Labute approximate surface area is 146 Å². The van der Waals surface area contributed by atoms with Gasteiger partial charge in [0.25, 0.3) is 0 Å². The molecule has 0 radical (unpaired) electrons. The zero-order chi connectivity index (χ0) is 16.9. The van der Waals surface area contributed by atoms with Crippen molar-refractivity contribution in [1.82, 2.24) is 0 Å². The van der Waals surface area contributed by atoms with Gasteiger partial charge in [-0.3, -0.25) is 0 Å². The molecule has 0 bridgehead atoms. The molecular formula is C24H26. The molecule has 0 heterocycles. The van der Waals surface area contributed by atoms with Crippen LogP contribution in [-0.4, -0.2) is 0 Å². The van der Waals surface area contributed by atoms with Gasteiger partial charge in [0.1, 0.15) is 0 Å². The minimum Gasteiger partial charge on any atom is -0.103 e. The van der Waals surface area contributed by atoms with Crippen LogP contribution in [0.1, 0.15) is 35.1 Å². The van der Waals surface area contributed by atoms with Crippen LogP contribution < -0.4 is 0 Å². The summed E-state index contributed by atoms with van der Waals surface area (Å²) in [4.78, 5) is 0. The molecule has 3 rings (SSSR count). The van der Waals surface area contributed by atoms with Crippen molar-refractivity contribution in [3.63, 3.8) is 0 Å². The van der Waals surface area contributed by atoms with Gasteiger partial charge >= 0.3 is 0 Å². The summed E-state index contributed by atoms with van der Waals surface area (Å²) >= 11 is 0. The van der Waals surface area contributed by atoms with Crippen molar-refractivity contribution >= 4 is 5.57 Å². The van der Waals surface area contributed by atoms with Gasteiger partial charge in [0.2, 0.25) is 0 Å². The Hall–Kier alpha value is -2.34. The van der Waals surface area contributed by atoms with E-state index in [9.17, 15) is 0 Å². The van der Waals surface area contributed by atoms with E-state index in [0.29, 0.717) is 5.92 Å². The van der Waals surface area contributed by atoms with Crippen molar-refractivity contribution in [3.8, 4) is 0 Å². The van der Waals surface area contributed by atoms with Crippen LogP contribution in [0.4, 0.5) is 0 Å². The van der Waals surface area contributed by atoms with E-state index < -0.39 is 0 Å². The maximum Gasteiger partial charge on any atom is 0.00917 e. The highest BCUT2D eigenvalue weighted by molar-refractivity contribution is 5.74. The van der Waals surface area contributed by atoms with Crippen LogP contribution in [0.5, 0.6) is 0 Å². The first-order valence-electron chi connectivity index (χ1n) is 8.82. The highest BCUT2D eigenvalue weighted by Gasteiger charge is 2.22. The van der Waals surface area contributed by atoms with E-state index >= 15 is 0 Å². The molecule has 0 aliphatic heterocycles. The molecule has 1 aliphatic rings.